The fourth-order valence-corrected chi connectivity index (χ4v) is 5.52. The molecular weight excluding hydrogens is 317 g/mol. The average Bonchev–Trinajstić information content (AvgIpc) is 2.76. The third-order valence-corrected chi connectivity index (χ3v) is 6.69. The lowest BCUT2D eigenvalue weighted by Crippen LogP contribution is -2.46. The van der Waals surface area contributed by atoms with Gasteiger partial charge in [-0.15, -0.1) is 11.3 Å². The number of sulfonamides is 1. The second kappa shape index (κ2) is 5.46. The van der Waals surface area contributed by atoms with Crippen molar-refractivity contribution in [2.75, 3.05) is 6.54 Å². The zero-order valence-corrected chi connectivity index (χ0v) is 12.4. The SMILES string of the molecule is O=C(Cl)C1CCCCN1S(=O)(=O)c1ccc(Cl)s1. The quantitative estimate of drug-likeness (QED) is 0.802. The van der Waals surface area contributed by atoms with Crippen molar-refractivity contribution < 1.29 is 13.2 Å². The molecule has 0 radical (unpaired) electrons. The Balaban J connectivity index is 2.36. The summed E-state index contributed by atoms with van der Waals surface area (Å²) in [6.07, 6.45) is 2.01. The summed E-state index contributed by atoms with van der Waals surface area (Å²) >= 11 is 12.2. The van der Waals surface area contributed by atoms with Crippen LogP contribution in [0.15, 0.2) is 16.3 Å². The molecule has 2 heterocycles. The maximum absolute atomic E-state index is 12.4. The van der Waals surface area contributed by atoms with E-state index >= 15 is 0 Å². The van der Waals surface area contributed by atoms with Crippen LogP contribution in [-0.2, 0) is 14.8 Å². The molecule has 18 heavy (non-hydrogen) atoms. The topological polar surface area (TPSA) is 54.5 Å². The van der Waals surface area contributed by atoms with Crippen LogP contribution < -0.4 is 0 Å². The van der Waals surface area contributed by atoms with Crippen LogP contribution in [0.25, 0.3) is 0 Å². The lowest BCUT2D eigenvalue weighted by molar-refractivity contribution is -0.115. The second-order valence-electron chi connectivity index (χ2n) is 3.99. The molecule has 100 valence electrons. The molecule has 1 saturated heterocycles. The molecule has 4 nitrogen and oxygen atoms in total. The van der Waals surface area contributed by atoms with Gasteiger partial charge in [-0.1, -0.05) is 18.0 Å². The molecule has 8 heteroatoms. The lowest BCUT2D eigenvalue weighted by Gasteiger charge is -2.31. The molecule has 1 aromatic heterocycles. The van der Waals surface area contributed by atoms with Gasteiger partial charge in [0.25, 0.3) is 10.0 Å². The van der Waals surface area contributed by atoms with Crippen LogP contribution in [0.1, 0.15) is 19.3 Å². The molecule has 0 spiro atoms. The third-order valence-electron chi connectivity index (χ3n) is 2.83. The predicted octanol–water partition coefficient (Wildman–Crippen LogP) is 2.71. The highest BCUT2D eigenvalue weighted by atomic mass is 35.5. The van der Waals surface area contributed by atoms with Crippen molar-refractivity contribution >= 4 is 49.8 Å². The Labute approximate surface area is 120 Å². The first-order valence-corrected chi connectivity index (χ1v) is 8.40. The van der Waals surface area contributed by atoms with Gasteiger partial charge in [-0.3, -0.25) is 4.79 Å². The molecule has 1 aromatic rings. The Bertz CT molecular complexity index is 555. The van der Waals surface area contributed by atoms with Crippen molar-refractivity contribution in [1.82, 2.24) is 4.31 Å². The van der Waals surface area contributed by atoms with Crippen molar-refractivity contribution in [2.45, 2.75) is 29.5 Å². The van der Waals surface area contributed by atoms with Gasteiger partial charge in [0, 0.05) is 6.54 Å². The lowest BCUT2D eigenvalue weighted by atomic mass is 10.1. The van der Waals surface area contributed by atoms with Gasteiger partial charge in [0.15, 0.2) is 0 Å². The van der Waals surface area contributed by atoms with Gasteiger partial charge >= 0.3 is 0 Å². The smallest absolute Gasteiger partial charge is 0.253 e. The van der Waals surface area contributed by atoms with E-state index in [1.54, 1.807) is 0 Å². The average molecular weight is 328 g/mol. The van der Waals surface area contributed by atoms with Crippen LogP contribution in [0, 0.1) is 0 Å². The number of nitrogens with zero attached hydrogens (tertiary/aromatic N) is 1. The van der Waals surface area contributed by atoms with Crippen molar-refractivity contribution in [3.05, 3.63) is 16.5 Å². The van der Waals surface area contributed by atoms with E-state index < -0.39 is 21.3 Å². The Kier molecular flexibility index (Phi) is 4.33. The van der Waals surface area contributed by atoms with Crippen molar-refractivity contribution in [2.24, 2.45) is 0 Å². The van der Waals surface area contributed by atoms with Gasteiger partial charge < -0.3 is 0 Å². The Morgan fingerprint density at radius 2 is 2.11 bits per heavy atom. The van der Waals surface area contributed by atoms with Crippen molar-refractivity contribution in [1.29, 1.82) is 0 Å². The van der Waals surface area contributed by atoms with Gasteiger partial charge in [-0.05, 0) is 36.6 Å². The molecule has 0 bridgehead atoms. The van der Waals surface area contributed by atoms with E-state index in [2.05, 4.69) is 0 Å². The minimum absolute atomic E-state index is 0.150. The normalized spacial score (nSPS) is 22.0. The first kappa shape index (κ1) is 14.3. The largest absolute Gasteiger partial charge is 0.279 e. The summed E-state index contributed by atoms with van der Waals surface area (Å²) in [5.74, 6) is 0. The number of carbonyl (C=O) groups is 1. The van der Waals surface area contributed by atoms with E-state index in [-0.39, 0.29) is 4.21 Å². The molecule has 0 amide bonds. The summed E-state index contributed by atoms with van der Waals surface area (Å²) in [4.78, 5) is 11.3. The molecule has 2 rings (SSSR count). The standard InChI is InChI=1S/C10H11Cl2NO3S2/c11-8-4-5-9(17-8)18(15,16)13-6-2-1-3-7(13)10(12)14/h4-5,7H,1-3,6H2. The molecule has 0 aromatic carbocycles. The van der Waals surface area contributed by atoms with Gasteiger partial charge in [0.1, 0.15) is 4.21 Å². The number of halogens is 2. The number of thiophene rings is 1. The molecule has 1 fully saturated rings. The molecule has 1 unspecified atom stereocenters. The first-order valence-electron chi connectivity index (χ1n) is 5.39. The summed E-state index contributed by atoms with van der Waals surface area (Å²) < 4.78 is 26.5. The Morgan fingerprint density at radius 1 is 1.39 bits per heavy atom. The van der Waals surface area contributed by atoms with Gasteiger partial charge in [-0.2, -0.15) is 4.31 Å². The van der Waals surface area contributed by atoms with E-state index in [1.807, 2.05) is 0 Å². The fraction of sp³-hybridized carbons (Fsp3) is 0.500. The third kappa shape index (κ3) is 2.72. The van der Waals surface area contributed by atoms with Crippen LogP contribution in [-0.4, -0.2) is 30.6 Å². The van der Waals surface area contributed by atoms with Crippen LogP contribution >= 0.6 is 34.5 Å². The molecule has 1 aliphatic rings. The molecule has 0 N–H and O–H groups in total. The maximum atomic E-state index is 12.4. The van der Waals surface area contributed by atoms with Crippen LogP contribution in [0.5, 0.6) is 0 Å². The molecule has 1 aliphatic heterocycles. The van der Waals surface area contributed by atoms with Gasteiger partial charge in [0.05, 0.1) is 10.4 Å². The number of piperidine rings is 1. The molecule has 0 aliphatic carbocycles. The van der Waals surface area contributed by atoms with Gasteiger partial charge in [0.2, 0.25) is 5.24 Å². The minimum Gasteiger partial charge on any atom is -0.279 e. The highest BCUT2D eigenvalue weighted by Gasteiger charge is 2.37. The number of hydrogen-bond acceptors (Lipinski definition) is 4. The van der Waals surface area contributed by atoms with E-state index in [4.69, 9.17) is 23.2 Å². The summed E-state index contributed by atoms with van der Waals surface area (Å²) in [6, 6.07) is 2.22. The highest BCUT2D eigenvalue weighted by Crippen LogP contribution is 2.32. The predicted molar refractivity (Wildman–Crippen MR) is 71.7 cm³/mol. The fourth-order valence-electron chi connectivity index (χ4n) is 1.97. The molecular formula is C10H11Cl2NO3S2. The van der Waals surface area contributed by atoms with E-state index in [1.165, 1.54) is 16.4 Å². The van der Waals surface area contributed by atoms with Crippen molar-refractivity contribution in [3.63, 3.8) is 0 Å². The summed E-state index contributed by atoms with van der Waals surface area (Å²) in [7, 11) is -3.67. The van der Waals surface area contributed by atoms with Crippen LogP contribution in [0.3, 0.4) is 0 Å². The first-order chi connectivity index (χ1) is 8.43. The summed E-state index contributed by atoms with van der Waals surface area (Å²) in [6.45, 7) is 0.320. The van der Waals surface area contributed by atoms with E-state index in [9.17, 15) is 13.2 Å². The monoisotopic (exact) mass is 327 g/mol. The molecule has 1 atom stereocenters. The van der Waals surface area contributed by atoms with Crippen molar-refractivity contribution in [3.8, 4) is 0 Å². The molecule has 0 saturated carbocycles. The second-order valence-corrected chi connectivity index (χ2v) is 8.19. The minimum atomic E-state index is -3.67. The zero-order chi connectivity index (χ0) is 13.3. The highest BCUT2D eigenvalue weighted by molar-refractivity contribution is 7.91. The Hall–Kier alpha value is -0.140. The number of rotatable bonds is 3. The van der Waals surface area contributed by atoms with E-state index in [0.717, 1.165) is 24.2 Å². The number of hydrogen-bond donors (Lipinski definition) is 0. The van der Waals surface area contributed by atoms with E-state index in [0.29, 0.717) is 17.3 Å². The van der Waals surface area contributed by atoms with Gasteiger partial charge in [-0.25, -0.2) is 8.42 Å². The van der Waals surface area contributed by atoms with Crippen LogP contribution in [0.4, 0.5) is 0 Å². The summed E-state index contributed by atoms with van der Waals surface area (Å²) in [5.41, 5.74) is 0. The Morgan fingerprint density at radius 3 is 2.67 bits per heavy atom. The summed E-state index contributed by atoms with van der Waals surface area (Å²) in [5, 5.41) is -0.624. The zero-order valence-electron chi connectivity index (χ0n) is 9.30. The van der Waals surface area contributed by atoms with Crippen LogP contribution in [0.2, 0.25) is 4.34 Å². The maximum Gasteiger partial charge on any atom is 0.253 e. The number of carbonyl (C=O) groups excluding carboxylic acids is 1.